The molecule has 1 aliphatic rings. The molecule has 3 N–H and O–H groups in total. The Morgan fingerprint density at radius 1 is 1.33 bits per heavy atom. The number of halogens is 1. The molecule has 0 aliphatic carbocycles. The first-order valence-electron chi connectivity index (χ1n) is 9.20. The maximum absolute atomic E-state index is 13.7. The number of hydrogen-bond acceptors (Lipinski definition) is 4. The Hall–Kier alpha value is -2.80. The van der Waals surface area contributed by atoms with Gasteiger partial charge in [-0.3, -0.25) is 9.78 Å². The molecule has 140 valence electrons. The van der Waals surface area contributed by atoms with Gasteiger partial charge in [0, 0.05) is 29.7 Å². The second kappa shape index (κ2) is 7.44. The van der Waals surface area contributed by atoms with E-state index in [2.05, 4.69) is 25.6 Å². The fraction of sp³-hybridized carbons (Fsp3) is 0.350. The highest BCUT2D eigenvalue weighted by Gasteiger charge is 2.22. The van der Waals surface area contributed by atoms with Crippen molar-refractivity contribution in [3.63, 3.8) is 0 Å². The fourth-order valence-electron chi connectivity index (χ4n) is 3.53. The Bertz CT molecular complexity index is 978. The summed E-state index contributed by atoms with van der Waals surface area (Å²) in [5.41, 5.74) is 2.36. The summed E-state index contributed by atoms with van der Waals surface area (Å²) in [6.07, 6.45) is 3.63. The van der Waals surface area contributed by atoms with Gasteiger partial charge in [0.15, 0.2) is 0 Å². The predicted molar refractivity (Wildman–Crippen MR) is 101 cm³/mol. The molecule has 1 aliphatic heterocycles. The molecule has 6 nitrogen and oxygen atoms in total. The van der Waals surface area contributed by atoms with Gasteiger partial charge in [-0.15, -0.1) is 0 Å². The van der Waals surface area contributed by atoms with Crippen molar-refractivity contribution in [1.29, 1.82) is 0 Å². The van der Waals surface area contributed by atoms with E-state index in [0.717, 1.165) is 43.0 Å². The minimum atomic E-state index is -0.347. The summed E-state index contributed by atoms with van der Waals surface area (Å²) in [6.45, 7) is 4.13. The topological polar surface area (TPSA) is 82.7 Å². The normalized spacial score (nSPS) is 15.2. The van der Waals surface area contributed by atoms with Crippen LogP contribution in [0.4, 0.5) is 4.39 Å². The third-order valence-corrected chi connectivity index (χ3v) is 5.02. The minimum absolute atomic E-state index is 0.219. The molecule has 7 heteroatoms. The van der Waals surface area contributed by atoms with Crippen LogP contribution in [-0.2, 0) is 6.54 Å². The zero-order valence-corrected chi connectivity index (χ0v) is 15.2. The average molecular weight is 367 g/mol. The Morgan fingerprint density at radius 3 is 2.96 bits per heavy atom. The summed E-state index contributed by atoms with van der Waals surface area (Å²) >= 11 is 0. The highest BCUT2D eigenvalue weighted by Crippen LogP contribution is 2.23. The van der Waals surface area contributed by atoms with E-state index in [1.54, 1.807) is 18.3 Å². The van der Waals surface area contributed by atoms with Crippen molar-refractivity contribution in [3.05, 3.63) is 59.1 Å². The van der Waals surface area contributed by atoms with Crippen LogP contribution in [0.2, 0.25) is 0 Å². The lowest BCUT2D eigenvalue weighted by atomic mass is 9.98. The Morgan fingerprint density at radius 2 is 2.15 bits per heavy atom. The second-order valence-electron chi connectivity index (χ2n) is 6.96. The summed E-state index contributed by atoms with van der Waals surface area (Å²) < 4.78 is 13.7. The molecule has 0 bridgehead atoms. The second-order valence-corrected chi connectivity index (χ2v) is 6.96. The maximum atomic E-state index is 13.7. The molecule has 1 amide bonds. The number of benzene rings is 1. The summed E-state index contributed by atoms with van der Waals surface area (Å²) in [6, 6.07) is 6.68. The molecule has 3 heterocycles. The number of amides is 1. The van der Waals surface area contributed by atoms with E-state index in [1.165, 1.54) is 6.07 Å². The lowest BCUT2D eigenvalue weighted by Crippen LogP contribution is -2.27. The summed E-state index contributed by atoms with van der Waals surface area (Å²) in [4.78, 5) is 24.5. The largest absolute Gasteiger partial charge is 0.347 e. The molecule has 2 aromatic heterocycles. The van der Waals surface area contributed by atoms with E-state index in [4.69, 9.17) is 0 Å². The quantitative estimate of drug-likeness (QED) is 0.662. The molecule has 4 rings (SSSR count). The monoisotopic (exact) mass is 367 g/mol. The van der Waals surface area contributed by atoms with Crippen LogP contribution in [0.5, 0.6) is 0 Å². The van der Waals surface area contributed by atoms with E-state index < -0.39 is 0 Å². The van der Waals surface area contributed by atoms with E-state index in [0.29, 0.717) is 29.1 Å². The zero-order chi connectivity index (χ0) is 18.8. The van der Waals surface area contributed by atoms with E-state index in [9.17, 15) is 9.18 Å². The first-order chi connectivity index (χ1) is 13.1. The van der Waals surface area contributed by atoms with E-state index in [1.807, 2.05) is 13.0 Å². The van der Waals surface area contributed by atoms with Crippen molar-refractivity contribution in [3.8, 4) is 0 Å². The number of fused-ring (bicyclic) bond motifs is 1. The molecule has 0 saturated carbocycles. The van der Waals surface area contributed by atoms with Gasteiger partial charge in [0.1, 0.15) is 22.9 Å². The molecule has 0 unspecified atom stereocenters. The number of piperidine rings is 1. The van der Waals surface area contributed by atoms with Gasteiger partial charge in [-0.2, -0.15) is 0 Å². The Balaban J connectivity index is 1.45. The Labute approximate surface area is 156 Å². The molecular weight excluding hydrogens is 345 g/mol. The lowest BCUT2D eigenvalue weighted by Gasteiger charge is -2.20. The van der Waals surface area contributed by atoms with Crippen LogP contribution in [0.25, 0.3) is 10.9 Å². The highest BCUT2D eigenvalue weighted by atomic mass is 19.1. The van der Waals surface area contributed by atoms with E-state index >= 15 is 0 Å². The van der Waals surface area contributed by atoms with Crippen LogP contribution >= 0.6 is 0 Å². The third-order valence-electron chi connectivity index (χ3n) is 5.02. The zero-order valence-electron chi connectivity index (χ0n) is 15.2. The number of nitrogens with one attached hydrogen (secondary N) is 3. The van der Waals surface area contributed by atoms with Crippen LogP contribution in [-0.4, -0.2) is 33.9 Å². The highest BCUT2D eigenvalue weighted by molar-refractivity contribution is 5.93. The molecule has 0 radical (unpaired) electrons. The number of nitrogens with zero attached hydrogens (tertiary/aromatic N) is 2. The number of aryl methyl sites for hydroxylation is 1. The Kier molecular flexibility index (Phi) is 4.85. The van der Waals surface area contributed by atoms with Crippen LogP contribution in [0.3, 0.4) is 0 Å². The maximum Gasteiger partial charge on any atom is 0.272 e. The third kappa shape index (κ3) is 3.68. The smallest absolute Gasteiger partial charge is 0.272 e. The first-order valence-corrected chi connectivity index (χ1v) is 9.20. The SMILES string of the molecule is Cc1[nH]c(C2CCNCC2)nc1C(=O)NCc1cnc2c(F)cccc2c1. The molecule has 1 fully saturated rings. The standard InChI is InChI=1S/C20H22FN5O/c1-12-17(26-19(25-12)14-5-7-22-8-6-14)20(27)24-11-13-9-15-3-2-4-16(21)18(15)23-10-13/h2-4,9-10,14,22H,5-8,11H2,1H3,(H,24,27)(H,25,26). The van der Waals surface area contributed by atoms with Crippen molar-refractivity contribution in [1.82, 2.24) is 25.6 Å². The molecular formula is C20H22FN5O. The number of pyridine rings is 1. The molecule has 0 spiro atoms. The average Bonchev–Trinajstić information content (AvgIpc) is 3.09. The van der Waals surface area contributed by atoms with Crippen molar-refractivity contribution >= 4 is 16.8 Å². The molecule has 1 aromatic carbocycles. The van der Waals surface area contributed by atoms with Crippen molar-refractivity contribution in [2.24, 2.45) is 0 Å². The van der Waals surface area contributed by atoms with Crippen molar-refractivity contribution < 1.29 is 9.18 Å². The summed E-state index contributed by atoms with van der Waals surface area (Å²) in [5.74, 6) is 0.692. The summed E-state index contributed by atoms with van der Waals surface area (Å²) in [5, 5.41) is 6.93. The van der Waals surface area contributed by atoms with Gasteiger partial charge in [-0.1, -0.05) is 12.1 Å². The number of H-pyrrole nitrogens is 1. The van der Waals surface area contributed by atoms with Crippen LogP contribution < -0.4 is 10.6 Å². The molecule has 27 heavy (non-hydrogen) atoms. The molecule has 3 aromatic rings. The van der Waals surface area contributed by atoms with Gasteiger partial charge in [-0.05, 0) is 50.6 Å². The minimum Gasteiger partial charge on any atom is -0.347 e. The van der Waals surface area contributed by atoms with Gasteiger partial charge >= 0.3 is 0 Å². The van der Waals surface area contributed by atoms with Gasteiger partial charge in [0.05, 0.1) is 0 Å². The number of para-hydroxylation sites is 1. The molecule has 0 atom stereocenters. The number of carbonyl (C=O) groups excluding carboxylic acids is 1. The number of carbonyl (C=O) groups is 1. The van der Waals surface area contributed by atoms with Crippen LogP contribution in [0.1, 0.15) is 46.3 Å². The fourth-order valence-corrected chi connectivity index (χ4v) is 3.53. The van der Waals surface area contributed by atoms with Crippen LogP contribution in [0.15, 0.2) is 30.5 Å². The number of aromatic amines is 1. The number of hydrogen-bond donors (Lipinski definition) is 3. The van der Waals surface area contributed by atoms with Crippen molar-refractivity contribution in [2.45, 2.75) is 32.2 Å². The number of rotatable bonds is 4. The molecule has 1 saturated heterocycles. The van der Waals surface area contributed by atoms with Gasteiger partial charge < -0.3 is 15.6 Å². The van der Waals surface area contributed by atoms with E-state index in [-0.39, 0.29) is 11.7 Å². The number of imidazole rings is 1. The van der Waals surface area contributed by atoms with Crippen LogP contribution in [0, 0.1) is 12.7 Å². The predicted octanol–water partition coefficient (Wildman–Crippen LogP) is 2.80. The summed E-state index contributed by atoms with van der Waals surface area (Å²) in [7, 11) is 0. The van der Waals surface area contributed by atoms with Crippen molar-refractivity contribution in [2.75, 3.05) is 13.1 Å². The number of aromatic nitrogens is 3. The van der Waals surface area contributed by atoms with Gasteiger partial charge in [0.2, 0.25) is 0 Å². The lowest BCUT2D eigenvalue weighted by molar-refractivity contribution is 0.0945. The first kappa shape index (κ1) is 17.6. The van der Waals surface area contributed by atoms with Gasteiger partial charge in [0.25, 0.3) is 5.91 Å². The van der Waals surface area contributed by atoms with Gasteiger partial charge in [-0.25, -0.2) is 9.37 Å².